The molecule has 0 atom stereocenters. The molecule has 5 rings (SSSR count). The molecule has 5 aromatic rings. The van der Waals surface area contributed by atoms with Gasteiger partial charge in [0.25, 0.3) is 0 Å². The summed E-state index contributed by atoms with van der Waals surface area (Å²) in [5, 5.41) is 14.4. The number of benzene rings is 3. The standard InChI is InChI=1S/C24H21N5S/c1-3-28-21-11-7-6-10-19(21)20-14-17(12-13-22(20)28)15-25-29-23(26-27-24(29)30)18-9-5-4-8-16(18)2/h4-15H,3H2,1-2H3,(H,27,30). The van der Waals surface area contributed by atoms with E-state index in [9.17, 15) is 0 Å². The molecule has 148 valence electrons. The maximum Gasteiger partial charge on any atom is 0.216 e. The molecule has 1 N–H and O–H groups in total. The maximum absolute atomic E-state index is 5.42. The fraction of sp³-hybridized carbons (Fsp3) is 0.125. The van der Waals surface area contributed by atoms with Crippen LogP contribution >= 0.6 is 12.2 Å². The van der Waals surface area contributed by atoms with Crippen LogP contribution in [-0.2, 0) is 6.54 Å². The van der Waals surface area contributed by atoms with Gasteiger partial charge in [-0.05, 0) is 55.4 Å². The topological polar surface area (TPSA) is 50.9 Å². The number of aromatic amines is 1. The highest BCUT2D eigenvalue weighted by Gasteiger charge is 2.11. The summed E-state index contributed by atoms with van der Waals surface area (Å²) in [6, 6.07) is 23.0. The highest BCUT2D eigenvalue weighted by Crippen LogP contribution is 2.29. The molecule has 0 aliphatic heterocycles. The molecule has 2 heterocycles. The van der Waals surface area contributed by atoms with E-state index in [1.54, 1.807) is 4.68 Å². The summed E-state index contributed by atoms with van der Waals surface area (Å²) in [4.78, 5) is 0. The average molecular weight is 412 g/mol. The first kappa shape index (κ1) is 18.5. The molecule has 3 aromatic carbocycles. The third-order valence-electron chi connectivity index (χ3n) is 5.47. The smallest absolute Gasteiger partial charge is 0.216 e. The van der Waals surface area contributed by atoms with Crippen molar-refractivity contribution >= 4 is 40.2 Å². The van der Waals surface area contributed by atoms with Crippen molar-refractivity contribution in [3.63, 3.8) is 0 Å². The summed E-state index contributed by atoms with van der Waals surface area (Å²) in [5.74, 6) is 0.706. The molecule has 0 saturated heterocycles. The van der Waals surface area contributed by atoms with Gasteiger partial charge in [0.05, 0.1) is 6.21 Å². The van der Waals surface area contributed by atoms with E-state index in [-0.39, 0.29) is 0 Å². The lowest BCUT2D eigenvalue weighted by Crippen LogP contribution is -1.96. The number of hydrogen-bond acceptors (Lipinski definition) is 3. The summed E-state index contributed by atoms with van der Waals surface area (Å²) < 4.78 is 4.48. The van der Waals surface area contributed by atoms with E-state index in [0.717, 1.165) is 23.2 Å². The van der Waals surface area contributed by atoms with E-state index in [4.69, 9.17) is 12.2 Å². The largest absolute Gasteiger partial charge is 0.341 e. The van der Waals surface area contributed by atoms with Crippen molar-refractivity contribution in [2.24, 2.45) is 5.10 Å². The number of aromatic nitrogens is 4. The lowest BCUT2D eigenvalue weighted by atomic mass is 10.1. The molecule has 0 spiro atoms. The zero-order valence-corrected chi connectivity index (χ0v) is 17.6. The number of H-pyrrole nitrogens is 1. The Labute approximate surface area is 179 Å². The van der Waals surface area contributed by atoms with Gasteiger partial charge in [-0.3, -0.25) is 0 Å². The summed E-state index contributed by atoms with van der Waals surface area (Å²) in [7, 11) is 0. The van der Waals surface area contributed by atoms with E-state index >= 15 is 0 Å². The molecule has 5 nitrogen and oxygen atoms in total. The second-order valence-electron chi connectivity index (χ2n) is 7.26. The number of para-hydroxylation sites is 1. The fourth-order valence-corrected chi connectivity index (χ4v) is 4.19. The van der Waals surface area contributed by atoms with Crippen molar-refractivity contribution in [3.05, 3.63) is 82.6 Å². The third kappa shape index (κ3) is 2.97. The second-order valence-corrected chi connectivity index (χ2v) is 7.65. The number of rotatable bonds is 4. The molecular formula is C24H21N5S. The molecule has 0 aliphatic carbocycles. The van der Waals surface area contributed by atoms with Gasteiger partial charge in [0.2, 0.25) is 4.77 Å². The van der Waals surface area contributed by atoms with Gasteiger partial charge in [-0.1, -0.05) is 48.5 Å². The van der Waals surface area contributed by atoms with Crippen LogP contribution < -0.4 is 0 Å². The van der Waals surface area contributed by atoms with E-state index in [1.165, 1.54) is 21.8 Å². The van der Waals surface area contributed by atoms with Crippen LogP contribution in [0.3, 0.4) is 0 Å². The Kier molecular flexibility index (Phi) is 4.56. The quantitative estimate of drug-likeness (QED) is 0.294. The van der Waals surface area contributed by atoms with Crippen LogP contribution in [-0.4, -0.2) is 25.7 Å². The zero-order valence-electron chi connectivity index (χ0n) is 16.8. The van der Waals surface area contributed by atoms with Crippen LogP contribution in [0.15, 0.2) is 71.8 Å². The van der Waals surface area contributed by atoms with Crippen LogP contribution in [0.5, 0.6) is 0 Å². The van der Waals surface area contributed by atoms with Gasteiger partial charge in [-0.2, -0.15) is 14.9 Å². The zero-order chi connectivity index (χ0) is 20.7. The van der Waals surface area contributed by atoms with Gasteiger partial charge in [-0.25, -0.2) is 5.10 Å². The molecular weight excluding hydrogens is 390 g/mol. The molecule has 0 unspecified atom stereocenters. The Bertz CT molecular complexity index is 1470. The number of aryl methyl sites for hydroxylation is 2. The lowest BCUT2D eigenvalue weighted by molar-refractivity contribution is 0.827. The predicted molar refractivity (Wildman–Crippen MR) is 126 cm³/mol. The summed E-state index contributed by atoms with van der Waals surface area (Å²) in [5.41, 5.74) is 5.62. The van der Waals surface area contributed by atoms with Crippen molar-refractivity contribution in [3.8, 4) is 11.4 Å². The summed E-state index contributed by atoms with van der Waals surface area (Å²) in [6.07, 6.45) is 1.84. The van der Waals surface area contributed by atoms with Crippen molar-refractivity contribution in [1.82, 2.24) is 19.4 Å². The Morgan fingerprint density at radius 3 is 2.60 bits per heavy atom. The number of hydrogen-bond donors (Lipinski definition) is 1. The summed E-state index contributed by atoms with van der Waals surface area (Å²) in [6.45, 7) is 5.16. The van der Waals surface area contributed by atoms with Crippen molar-refractivity contribution in [2.45, 2.75) is 20.4 Å². The molecule has 0 radical (unpaired) electrons. The van der Waals surface area contributed by atoms with Gasteiger partial charge >= 0.3 is 0 Å². The Morgan fingerprint density at radius 1 is 1.00 bits per heavy atom. The highest BCUT2D eigenvalue weighted by molar-refractivity contribution is 7.71. The van der Waals surface area contributed by atoms with Gasteiger partial charge in [0.15, 0.2) is 5.82 Å². The monoisotopic (exact) mass is 411 g/mol. The SMILES string of the molecule is CCn1c2ccccc2c2cc(C=Nn3c(-c4ccccc4C)n[nH]c3=S)ccc21. The molecule has 0 amide bonds. The molecule has 0 fully saturated rings. The molecule has 6 heteroatoms. The maximum atomic E-state index is 5.42. The van der Waals surface area contributed by atoms with Gasteiger partial charge in [0.1, 0.15) is 0 Å². The number of fused-ring (bicyclic) bond motifs is 3. The minimum Gasteiger partial charge on any atom is -0.341 e. The predicted octanol–water partition coefficient (Wildman–Crippen LogP) is 5.93. The number of nitrogens with one attached hydrogen (secondary N) is 1. The molecule has 0 aliphatic rings. The first-order valence-corrected chi connectivity index (χ1v) is 10.4. The van der Waals surface area contributed by atoms with Crippen molar-refractivity contribution in [2.75, 3.05) is 0 Å². The van der Waals surface area contributed by atoms with E-state index in [2.05, 4.69) is 82.2 Å². The van der Waals surface area contributed by atoms with Gasteiger partial charge in [0, 0.05) is 33.9 Å². The van der Waals surface area contributed by atoms with Crippen LogP contribution in [0.25, 0.3) is 33.2 Å². The molecule has 30 heavy (non-hydrogen) atoms. The first-order chi connectivity index (χ1) is 14.7. The van der Waals surface area contributed by atoms with Crippen LogP contribution in [0.2, 0.25) is 0 Å². The minimum absolute atomic E-state index is 0.466. The van der Waals surface area contributed by atoms with Gasteiger partial charge < -0.3 is 4.57 Å². The van der Waals surface area contributed by atoms with E-state index in [1.807, 2.05) is 24.4 Å². The minimum atomic E-state index is 0.466. The first-order valence-electron chi connectivity index (χ1n) is 9.96. The van der Waals surface area contributed by atoms with E-state index < -0.39 is 0 Å². The van der Waals surface area contributed by atoms with Crippen LogP contribution in [0.4, 0.5) is 0 Å². The average Bonchev–Trinajstić information content (AvgIpc) is 3.29. The summed E-state index contributed by atoms with van der Waals surface area (Å²) >= 11 is 5.42. The number of nitrogens with zero attached hydrogens (tertiary/aromatic N) is 4. The van der Waals surface area contributed by atoms with Crippen LogP contribution in [0, 0.1) is 11.7 Å². The second kappa shape index (κ2) is 7.39. The molecule has 0 saturated carbocycles. The Balaban J connectivity index is 1.61. The highest BCUT2D eigenvalue weighted by atomic mass is 32.1. The fourth-order valence-electron chi connectivity index (χ4n) is 4.01. The third-order valence-corrected chi connectivity index (χ3v) is 5.74. The van der Waals surface area contributed by atoms with E-state index in [0.29, 0.717) is 10.6 Å². The van der Waals surface area contributed by atoms with Crippen molar-refractivity contribution < 1.29 is 0 Å². The lowest BCUT2D eigenvalue weighted by Gasteiger charge is -2.04. The van der Waals surface area contributed by atoms with Crippen LogP contribution in [0.1, 0.15) is 18.1 Å². The van der Waals surface area contributed by atoms with Gasteiger partial charge in [-0.15, -0.1) is 0 Å². The molecule has 0 bridgehead atoms. The normalized spacial score (nSPS) is 11.8. The Morgan fingerprint density at radius 2 is 1.77 bits per heavy atom. The Hall–Kier alpha value is -3.51. The van der Waals surface area contributed by atoms with Crippen molar-refractivity contribution in [1.29, 1.82) is 0 Å². The molecule has 2 aromatic heterocycles.